The van der Waals surface area contributed by atoms with Crippen molar-refractivity contribution in [2.75, 3.05) is 0 Å². The van der Waals surface area contributed by atoms with Crippen LogP contribution in [-0.4, -0.2) is 14.8 Å². The number of nitrogens with zero attached hydrogens (tertiary/aromatic N) is 3. The Hall–Kier alpha value is -1.47. The molecule has 1 atom stereocenters. The molecule has 0 fully saturated rings. The zero-order valence-electron chi connectivity index (χ0n) is 15.1. The summed E-state index contributed by atoms with van der Waals surface area (Å²) in [6, 6.07) is 9.44. The van der Waals surface area contributed by atoms with Crippen molar-refractivity contribution in [2.45, 2.75) is 37.4 Å². The number of rotatable bonds is 7. The molecular weight excluding hydrogens is 444 g/mol. The van der Waals surface area contributed by atoms with Crippen LogP contribution >= 0.6 is 46.6 Å². The average molecular weight is 461 g/mol. The number of hydrogen-bond acceptors (Lipinski definition) is 4. The van der Waals surface area contributed by atoms with Crippen molar-refractivity contribution in [3.8, 4) is 5.75 Å². The van der Waals surface area contributed by atoms with Crippen LogP contribution in [0.3, 0.4) is 0 Å². The van der Waals surface area contributed by atoms with Crippen LogP contribution in [0.5, 0.6) is 5.75 Å². The molecule has 3 aromatic rings. The molecule has 0 saturated carbocycles. The molecule has 0 radical (unpaired) electrons. The predicted octanol–water partition coefficient (Wildman–Crippen LogP) is 6.83. The van der Waals surface area contributed by atoms with Gasteiger partial charge in [0, 0.05) is 22.3 Å². The van der Waals surface area contributed by atoms with Crippen molar-refractivity contribution in [1.82, 2.24) is 14.8 Å². The lowest BCUT2D eigenvalue weighted by atomic mass is 10.2. The van der Waals surface area contributed by atoms with Crippen molar-refractivity contribution in [3.05, 3.63) is 68.7 Å². The first-order chi connectivity index (χ1) is 13.4. The summed E-state index contributed by atoms with van der Waals surface area (Å²) in [6.45, 7) is 4.56. The van der Waals surface area contributed by atoms with E-state index in [0.29, 0.717) is 38.9 Å². The Morgan fingerprint density at radius 2 is 1.89 bits per heavy atom. The minimum Gasteiger partial charge on any atom is -0.481 e. The summed E-state index contributed by atoms with van der Waals surface area (Å²) in [4.78, 5) is 0. The van der Waals surface area contributed by atoms with Crippen molar-refractivity contribution in [1.29, 1.82) is 0 Å². The van der Waals surface area contributed by atoms with Gasteiger partial charge in [-0.2, -0.15) is 0 Å². The Morgan fingerprint density at radius 1 is 1.11 bits per heavy atom. The van der Waals surface area contributed by atoms with E-state index >= 15 is 0 Å². The van der Waals surface area contributed by atoms with Gasteiger partial charge < -0.3 is 9.30 Å². The van der Waals surface area contributed by atoms with E-state index in [2.05, 4.69) is 10.2 Å². The van der Waals surface area contributed by atoms with E-state index in [4.69, 9.17) is 39.5 Å². The van der Waals surface area contributed by atoms with Crippen LogP contribution in [0.4, 0.5) is 4.39 Å². The Balaban J connectivity index is 1.75. The Morgan fingerprint density at radius 3 is 2.57 bits per heavy atom. The first-order valence-electron chi connectivity index (χ1n) is 8.50. The third-order valence-corrected chi connectivity index (χ3v) is 5.89. The third kappa shape index (κ3) is 4.92. The maximum atomic E-state index is 13.2. The van der Waals surface area contributed by atoms with Gasteiger partial charge in [0.25, 0.3) is 0 Å². The lowest BCUT2D eigenvalue weighted by molar-refractivity contribution is 0.210. The van der Waals surface area contributed by atoms with Crippen LogP contribution in [0.1, 0.15) is 31.3 Å². The molecule has 2 aromatic carbocycles. The molecule has 0 amide bonds. The molecule has 148 valence electrons. The maximum Gasteiger partial charge on any atom is 0.191 e. The summed E-state index contributed by atoms with van der Waals surface area (Å²) >= 11 is 19.7. The second kappa shape index (κ2) is 9.35. The number of benzene rings is 2. The highest BCUT2D eigenvalue weighted by Gasteiger charge is 2.20. The van der Waals surface area contributed by atoms with Crippen molar-refractivity contribution in [2.24, 2.45) is 0 Å². The quantitative estimate of drug-likeness (QED) is 0.362. The van der Waals surface area contributed by atoms with E-state index in [1.54, 1.807) is 24.3 Å². The first kappa shape index (κ1) is 21.2. The Labute approximate surface area is 182 Å². The van der Waals surface area contributed by atoms with Crippen LogP contribution in [0.25, 0.3) is 0 Å². The molecule has 0 N–H and O–H groups in total. The largest absolute Gasteiger partial charge is 0.481 e. The molecule has 0 saturated heterocycles. The van der Waals surface area contributed by atoms with Crippen LogP contribution in [0.15, 0.2) is 41.6 Å². The molecule has 1 heterocycles. The lowest BCUT2D eigenvalue weighted by Gasteiger charge is -2.16. The molecule has 1 unspecified atom stereocenters. The fraction of sp³-hybridized carbons (Fsp3) is 0.263. The summed E-state index contributed by atoms with van der Waals surface area (Å²) in [6.07, 6.45) is -0.366. The zero-order chi connectivity index (χ0) is 20.3. The van der Waals surface area contributed by atoms with Crippen molar-refractivity contribution >= 4 is 46.6 Å². The number of hydrogen-bond donors (Lipinski definition) is 0. The highest BCUT2D eigenvalue weighted by Crippen LogP contribution is 2.32. The van der Waals surface area contributed by atoms with Gasteiger partial charge in [-0.3, -0.25) is 0 Å². The third-order valence-electron chi connectivity index (χ3n) is 3.99. The zero-order valence-corrected chi connectivity index (χ0v) is 18.2. The summed E-state index contributed by atoms with van der Waals surface area (Å²) in [5.74, 6) is 1.40. The molecule has 0 spiro atoms. The van der Waals surface area contributed by atoms with Crippen LogP contribution in [0, 0.1) is 5.82 Å². The molecule has 0 aliphatic rings. The van der Waals surface area contributed by atoms with E-state index in [9.17, 15) is 4.39 Å². The van der Waals surface area contributed by atoms with Gasteiger partial charge >= 0.3 is 0 Å². The molecule has 1 aromatic heterocycles. The van der Waals surface area contributed by atoms with Gasteiger partial charge in [0.15, 0.2) is 17.1 Å². The van der Waals surface area contributed by atoms with Gasteiger partial charge in [0.05, 0.1) is 5.02 Å². The normalized spacial score (nSPS) is 12.2. The number of ether oxygens (including phenoxy) is 1. The van der Waals surface area contributed by atoms with E-state index in [-0.39, 0.29) is 11.9 Å². The maximum absolute atomic E-state index is 13.2. The SMILES string of the molecule is CCn1c(SCc2ccc(F)cc2Cl)nnc1C(C)Oc1ccc(Cl)cc1Cl. The minimum atomic E-state index is -0.366. The van der Waals surface area contributed by atoms with Gasteiger partial charge in [-0.15, -0.1) is 10.2 Å². The fourth-order valence-electron chi connectivity index (χ4n) is 2.60. The molecule has 9 heteroatoms. The second-order valence-corrected chi connectivity index (χ2v) is 8.14. The van der Waals surface area contributed by atoms with E-state index < -0.39 is 0 Å². The molecular formula is C19H17Cl3FN3OS. The van der Waals surface area contributed by atoms with E-state index in [0.717, 1.165) is 10.7 Å². The van der Waals surface area contributed by atoms with Gasteiger partial charge in [-0.25, -0.2) is 4.39 Å². The summed E-state index contributed by atoms with van der Waals surface area (Å²) in [7, 11) is 0. The summed E-state index contributed by atoms with van der Waals surface area (Å²) in [5.41, 5.74) is 0.831. The molecule has 0 aliphatic heterocycles. The standard InChI is InChI=1S/C19H17Cl3FN3OS/c1-3-26-18(11(2)27-17-7-5-13(20)8-16(17)22)24-25-19(26)28-10-12-4-6-14(23)9-15(12)21/h4-9,11H,3,10H2,1-2H3. The molecule has 28 heavy (non-hydrogen) atoms. The molecule has 4 nitrogen and oxygen atoms in total. The van der Waals surface area contributed by atoms with Crippen molar-refractivity contribution < 1.29 is 9.13 Å². The lowest BCUT2D eigenvalue weighted by Crippen LogP contribution is -2.12. The van der Waals surface area contributed by atoms with Crippen LogP contribution in [-0.2, 0) is 12.3 Å². The molecule has 0 bridgehead atoms. The second-order valence-electron chi connectivity index (χ2n) is 5.94. The van der Waals surface area contributed by atoms with E-state index in [1.165, 1.54) is 23.9 Å². The van der Waals surface area contributed by atoms with Gasteiger partial charge in [-0.1, -0.05) is 52.6 Å². The molecule has 3 rings (SSSR count). The Bertz CT molecular complexity index is 983. The molecule has 0 aliphatic carbocycles. The van der Waals surface area contributed by atoms with Crippen LogP contribution in [0.2, 0.25) is 15.1 Å². The van der Waals surface area contributed by atoms with Gasteiger partial charge in [0.2, 0.25) is 0 Å². The summed E-state index contributed by atoms with van der Waals surface area (Å²) < 4.78 is 21.1. The Kier molecular flexibility index (Phi) is 7.10. The number of thioether (sulfide) groups is 1. The van der Waals surface area contributed by atoms with E-state index in [1.807, 2.05) is 18.4 Å². The highest BCUT2D eigenvalue weighted by atomic mass is 35.5. The van der Waals surface area contributed by atoms with Gasteiger partial charge in [0.1, 0.15) is 11.6 Å². The first-order valence-corrected chi connectivity index (χ1v) is 10.6. The monoisotopic (exact) mass is 459 g/mol. The highest BCUT2D eigenvalue weighted by molar-refractivity contribution is 7.98. The van der Waals surface area contributed by atoms with Crippen molar-refractivity contribution in [3.63, 3.8) is 0 Å². The number of aromatic nitrogens is 3. The number of halogens is 4. The fourth-order valence-corrected chi connectivity index (χ4v) is 4.38. The minimum absolute atomic E-state index is 0.357. The summed E-state index contributed by atoms with van der Waals surface area (Å²) in [5, 5.41) is 10.7. The average Bonchev–Trinajstić information content (AvgIpc) is 3.06. The predicted molar refractivity (Wildman–Crippen MR) is 112 cm³/mol. The van der Waals surface area contributed by atoms with Crippen LogP contribution < -0.4 is 4.74 Å². The topological polar surface area (TPSA) is 39.9 Å². The van der Waals surface area contributed by atoms with Gasteiger partial charge in [-0.05, 0) is 49.7 Å². The smallest absolute Gasteiger partial charge is 0.191 e.